The van der Waals surface area contributed by atoms with Crippen LogP contribution in [-0.2, 0) is 11.3 Å². The number of carboxylic acids is 1. The van der Waals surface area contributed by atoms with Gasteiger partial charge in [-0.2, -0.15) is 0 Å². The first-order chi connectivity index (χ1) is 7.73. The molecular weight excluding hydrogens is 218 g/mol. The Morgan fingerprint density at radius 1 is 1.29 bits per heavy atom. The molecule has 0 unspecified atom stereocenters. The fourth-order valence-corrected chi connectivity index (χ4v) is 1.05. The molecule has 1 N–H and O–H groups in total. The van der Waals surface area contributed by atoms with Crippen molar-refractivity contribution in [1.82, 2.24) is 4.57 Å². The first-order valence-corrected chi connectivity index (χ1v) is 5.63. The normalized spacial score (nSPS) is 9.76. The SMILES string of the molecule is CC(C)C.Cc1cc(=O)n(CC(=O)O)cc1C. The summed E-state index contributed by atoms with van der Waals surface area (Å²) in [5, 5.41) is 8.49. The number of aliphatic carboxylic acids is 1. The molecule has 1 aromatic rings. The van der Waals surface area contributed by atoms with Gasteiger partial charge in [0.2, 0.25) is 0 Å². The topological polar surface area (TPSA) is 59.3 Å². The van der Waals surface area contributed by atoms with Gasteiger partial charge < -0.3 is 9.67 Å². The largest absolute Gasteiger partial charge is 0.480 e. The van der Waals surface area contributed by atoms with Crippen LogP contribution >= 0.6 is 0 Å². The minimum Gasteiger partial charge on any atom is -0.480 e. The summed E-state index contributed by atoms with van der Waals surface area (Å²) in [5.74, 6) is -0.176. The van der Waals surface area contributed by atoms with Crippen molar-refractivity contribution in [2.75, 3.05) is 0 Å². The second kappa shape index (κ2) is 6.89. The van der Waals surface area contributed by atoms with E-state index in [0.29, 0.717) is 0 Å². The van der Waals surface area contributed by atoms with Crippen LogP contribution in [0.4, 0.5) is 0 Å². The zero-order valence-electron chi connectivity index (χ0n) is 11.2. The average Bonchev–Trinajstić information content (AvgIpc) is 2.12. The van der Waals surface area contributed by atoms with Gasteiger partial charge in [0, 0.05) is 12.3 Å². The van der Waals surface area contributed by atoms with Gasteiger partial charge in [-0.25, -0.2) is 0 Å². The molecule has 0 amide bonds. The van der Waals surface area contributed by atoms with Crippen molar-refractivity contribution in [2.24, 2.45) is 5.92 Å². The maximum atomic E-state index is 11.2. The standard InChI is InChI=1S/C9H11NO3.C4H10/c1-6-3-8(11)10(4-7(6)2)5-9(12)13;1-4(2)3/h3-4H,5H2,1-2H3,(H,12,13);4H,1-3H3. The number of carbonyl (C=O) groups is 1. The average molecular weight is 239 g/mol. The van der Waals surface area contributed by atoms with E-state index in [1.807, 2.05) is 13.8 Å². The predicted octanol–water partition coefficient (Wildman–Crippen LogP) is 2.21. The van der Waals surface area contributed by atoms with Gasteiger partial charge in [0.1, 0.15) is 6.54 Å². The summed E-state index contributed by atoms with van der Waals surface area (Å²) in [6.07, 6.45) is 1.56. The summed E-state index contributed by atoms with van der Waals surface area (Å²) in [6, 6.07) is 1.44. The molecule has 0 aliphatic heterocycles. The lowest BCUT2D eigenvalue weighted by Crippen LogP contribution is -2.23. The molecule has 1 aromatic heterocycles. The summed E-state index contributed by atoms with van der Waals surface area (Å²) in [6.45, 7) is 9.88. The number of hydrogen-bond acceptors (Lipinski definition) is 2. The van der Waals surface area contributed by atoms with Gasteiger partial charge in [0.25, 0.3) is 5.56 Å². The van der Waals surface area contributed by atoms with Crippen LogP contribution in [0.1, 0.15) is 31.9 Å². The van der Waals surface area contributed by atoms with Gasteiger partial charge in [-0.05, 0) is 30.9 Å². The maximum Gasteiger partial charge on any atom is 0.323 e. The van der Waals surface area contributed by atoms with Crippen molar-refractivity contribution >= 4 is 5.97 Å². The highest BCUT2D eigenvalue weighted by Crippen LogP contribution is 2.00. The molecule has 0 aliphatic rings. The molecule has 0 saturated carbocycles. The first kappa shape index (κ1) is 15.4. The molecule has 0 aromatic carbocycles. The van der Waals surface area contributed by atoms with Gasteiger partial charge in [-0.15, -0.1) is 0 Å². The van der Waals surface area contributed by atoms with Crippen molar-refractivity contribution in [1.29, 1.82) is 0 Å². The van der Waals surface area contributed by atoms with Crippen molar-refractivity contribution in [3.63, 3.8) is 0 Å². The predicted molar refractivity (Wildman–Crippen MR) is 68.3 cm³/mol. The van der Waals surface area contributed by atoms with Gasteiger partial charge >= 0.3 is 5.97 Å². The van der Waals surface area contributed by atoms with E-state index in [0.717, 1.165) is 17.0 Å². The van der Waals surface area contributed by atoms with Crippen LogP contribution < -0.4 is 5.56 Å². The van der Waals surface area contributed by atoms with E-state index in [2.05, 4.69) is 20.8 Å². The van der Waals surface area contributed by atoms with Crippen LogP contribution in [0.2, 0.25) is 0 Å². The summed E-state index contributed by atoms with van der Waals surface area (Å²) in [7, 11) is 0. The van der Waals surface area contributed by atoms with Crippen molar-refractivity contribution in [2.45, 2.75) is 41.2 Å². The van der Waals surface area contributed by atoms with E-state index in [9.17, 15) is 9.59 Å². The Balaban J connectivity index is 0.000000557. The zero-order valence-corrected chi connectivity index (χ0v) is 11.2. The number of aromatic nitrogens is 1. The lowest BCUT2D eigenvalue weighted by atomic mass is 10.2. The van der Waals surface area contributed by atoms with Crippen LogP contribution in [0, 0.1) is 19.8 Å². The van der Waals surface area contributed by atoms with E-state index < -0.39 is 5.97 Å². The Labute approximate surface area is 102 Å². The molecule has 0 radical (unpaired) electrons. The Morgan fingerprint density at radius 2 is 1.76 bits per heavy atom. The number of pyridine rings is 1. The quantitative estimate of drug-likeness (QED) is 0.860. The van der Waals surface area contributed by atoms with Crippen molar-refractivity contribution in [3.8, 4) is 0 Å². The van der Waals surface area contributed by atoms with E-state index in [1.54, 1.807) is 6.20 Å². The lowest BCUT2D eigenvalue weighted by molar-refractivity contribution is -0.137. The van der Waals surface area contributed by atoms with Gasteiger partial charge in [-0.1, -0.05) is 20.8 Å². The third-order valence-corrected chi connectivity index (χ3v) is 1.90. The summed E-state index contributed by atoms with van der Waals surface area (Å²) < 4.78 is 1.19. The van der Waals surface area contributed by atoms with Crippen LogP contribution in [0.25, 0.3) is 0 Å². The Hall–Kier alpha value is -1.58. The molecule has 0 fully saturated rings. The number of carboxylic acid groups (broad SMARTS) is 1. The summed E-state index contributed by atoms with van der Waals surface area (Å²) in [4.78, 5) is 21.6. The van der Waals surface area contributed by atoms with Gasteiger partial charge in [-0.3, -0.25) is 9.59 Å². The molecule has 4 nitrogen and oxygen atoms in total. The second-order valence-corrected chi connectivity index (χ2v) is 4.73. The van der Waals surface area contributed by atoms with Gasteiger partial charge in [0.05, 0.1) is 0 Å². The number of nitrogens with zero attached hydrogens (tertiary/aromatic N) is 1. The molecule has 4 heteroatoms. The van der Waals surface area contributed by atoms with Crippen LogP contribution in [-0.4, -0.2) is 15.6 Å². The molecular formula is C13H21NO3. The van der Waals surface area contributed by atoms with Crippen molar-refractivity contribution < 1.29 is 9.90 Å². The van der Waals surface area contributed by atoms with E-state index >= 15 is 0 Å². The number of hydrogen-bond donors (Lipinski definition) is 1. The monoisotopic (exact) mass is 239 g/mol. The summed E-state index contributed by atoms with van der Waals surface area (Å²) in [5.41, 5.74) is 1.53. The first-order valence-electron chi connectivity index (χ1n) is 5.63. The fraction of sp³-hybridized carbons (Fsp3) is 0.538. The Bertz CT molecular complexity index is 430. The number of aryl methyl sites for hydroxylation is 2. The molecule has 0 bridgehead atoms. The highest BCUT2D eigenvalue weighted by Gasteiger charge is 2.03. The highest BCUT2D eigenvalue weighted by atomic mass is 16.4. The second-order valence-electron chi connectivity index (χ2n) is 4.73. The fourth-order valence-electron chi connectivity index (χ4n) is 1.05. The number of rotatable bonds is 2. The minimum absolute atomic E-state index is 0.273. The van der Waals surface area contributed by atoms with Crippen LogP contribution in [0.3, 0.4) is 0 Å². The molecule has 0 aliphatic carbocycles. The van der Waals surface area contributed by atoms with E-state index in [4.69, 9.17) is 5.11 Å². The molecule has 0 saturated heterocycles. The lowest BCUT2D eigenvalue weighted by Gasteiger charge is -2.04. The molecule has 1 rings (SSSR count). The molecule has 0 atom stereocenters. The molecule has 0 spiro atoms. The Morgan fingerprint density at radius 3 is 2.18 bits per heavy atom. The Kier molecular flexibility index (Phi) is 6.25. The summed E-state index contributed by atoms with van der Waals surface area (Å²) >= 11 is 0. The zero-order chi connectivity index (χ0) is 13.6. The smallest absolute Gasteiger partial charge is 0.323 e. The highest BCUT2D eigenvalue weighted by molar-refractivity contribution is 5.66. The van der Waals surface area contributed by atoms with Crippen molar-refractivity contribution in [3.05, 3.63) is 33.7 Å². The molecule has 1 heterocycles. The third-order valence-electron chi connectivity index (χ3n) is 1.90. The molecule has 17 heavy (non-hydrogen) atoms. The van der Waals surface area contributed by atoms with Gasteiger partial charge in [0.15, 0.2) is 0 Å². The minimum atomic E-state index is -1.01. The third kappa shape index (κ3) is 6.56. The van der Waals surface area contributed by atoms with E-state index in [-0.39, 0.29) is 12.1 Å². The van der Waals surface area contributed by atoms with E-state index in [1.165, 1.54) is 10.6 Å². The van der Waals surface area contributed by atoms with Crippen LogP contribution in [0.15, 0.2) is 17.1 Å². The maximum absolute atomic E-state index is 11.2. The molecule has 96 valence electrons. The van der Waals surface area contributed by atoms with Crippen LogP contribution in [0.5, 0.6) is 0 Å².